The quantitative estimate of drug-likeness (QED) is 0.279. The van der Waals surface area contributed by atoms with Crippen LogP contribution in [0.3, 0.4) is 0 Å². The van der Waals surface area contributed by atoms with Gasteiger partial charge in [-0.1, -0.05) is 44.2 Å². The maximum atomic E-state index is 13.3. The number of amides is 1. The number of hydrogen-bond acceptors (Lipinski definition) is 3. The lowest BCUT2D eigenvalue weighted by molar-refractivity contribution is 0.0917. The van der Waals surface area contributed by atoms with Gasteiger partial charge in [-0.3, -0.25) is 9.48 Å². The van der Waals surface area contributed by atoms with Crippen molar-refractivity contribution in [1.29, 1.82) is 0 Å². The Kier molecular flexibility index (Phi) is 7.82. The lowest BCUT2D eigenvalue weighted by Gasteiger charge is -2.30. The number of aryl methyl sites for hydroxylation is 3. The highest BCUT2D eigenvalue weighted by Gasteiger charge is 2.25. The molecule has 1 N–H and O–H groups in total. The van der Waals surface area contributed by atoms with Crippen LogP contribution in [0.1, 0.15) is 65.3 Å². The first-order valence-electron chi connectivity index (χ1n) is 14.0. The molecule has 202 valence electrons. The standard InChI is InChI=1S/C33H39N5O/c1-22(14-16-30-24(3)19-37(5)36-30)25(4)29-18-27(15-13-23(29)2)33(39)35-28-10-8-9-26(17-28)20-38-21-34-31-11-6-7-12-32(31)38/h6-7,11-16,18-19,21-22,26,28H,4,8-10,17,20H2,1-3,5H3,(H,35,39). The number of hydrogen-bond donors (Lipinski definition) is 1. The van der Waals surface area contributed by atoms with Crippen LogP contribution in [-0.4, -0.2) is 31.3 Å². The normalized spacial score (nSPS) is 18.5. The second-order valence-corrected chi connectivity index (χ2v) is 11.2. The van der Waals surface area contributed by atoms with Gasteiger partial charge in [-0.15, -0.1) is 0 Å². The topological polar surface area (TPSA) is 64.7 Å². The van der Waals surface area contributed by atoms with E-state index in [2.05, 4.69) is 77.7 Å². The molecule has 5 rings (SSSR count). The lowest BCUT2D eigenvalue weighted by atomic mass is 9.85. The largest absolute Gasteiger partial charge is 0.349 e. The molecule has 2 aromatic carbocycles. The van der Waals surface area contributed by atoms with Crippen LogP contribution in [0.4, 0.5) is 0 Å². The Labute approximate surface area is 231 Å². The molecular formula is C33H39N5O. The number of nitrogens with one attached hydrogen (secondary N) is 1. The van der Waals surface area contributed by atoms with E-state index in [-0.39, 0.29) is 17.9 Å². The molecule has 1 saturated carbocycles. The molecule has 0 saturated heterocycles. The SMILES string of the molecule is C=C(c1cc(C(=O)NC2CCCC(Cn3cnc4ccccc43)C2)ccc1C)C(C)C=Cc1nn(C)cc1C. The summed E-state index contributed by atoms with van der Waals surface area (Å²) in [5.41, 5.74) is 8.16. The molecule has 3 atom stereocenters. The molecule has 0 bridgehead atoms. The molecule has 4 aromatic rings. The van der Waals surface area contributed by atoms with Gasteiger partial charge in [-0.2, -0.15) is 5.10 Å². The van der Waals surface area contributed by atoms with E-state index >= 15 is 0 Å². The van der Waals surface area contributed by atoms with Crippen molar-refractivity contribution < 1.29 is 4.79 Å². The van der Waals surface area contributed by atoms with Gasteiger partial charge in [0.1, 0.15) is 0 Å². The molecule has 1 fully saturated rings. The van der Waals surface area contributed by atoms with Crippen molar-refractivity contribution in [3.05, 3.63) is 95.6 Å². The molecule has 6 heteroatoms. The minimum absolute atomic E-state index is 0.00455. The number of imidazole rings is 1. The first kappa shape index (κ1) is 26.7. The Hall–Kier alpha value is -3.93. The van der Waals surface area contributed by atoms with Gasteiger partial charge in [0.2, 0.25) is 0 Å². The predicted octanol–water partition coefficient (Wildman–Crippen LogP) is 6.74. The molecule has 1 aliphatic rings. The van der Waals surface area contributed by atoms with Crippen LogP contribution in [0.5, 0.6) is 0 Å². The number of nitrogens with zero attached hydrogens (tertiary/aromatic N) is 4. The maximum Gasteiger partial charge on any atom is 0.251 e. The van der Waals surface area contributed by atoms with Gasteiger partial charge in [0.25, 0.3) is 5.91 Å². The van der Waals surface area contributed by atoms with Crippen molar-refractivity contribution in [2.24, 2.45) is 18.9 Å². The summed E-state index contributed by atoms with van der Waals surface area (Å²) in [6.45, 7) is 11.6. The van der Waals surface area contributed by atoms with Crippen molar-refractivity contribution in [3.8, 4) is 0 Å². The highest BCUT2D eigenvalue weighted by molar-refractivity contribution is 5.95. The van der Waals surface area contributed by atoms with Crippen LogP contribution in [0.2, 0.25) is 0 Å². The number of carbonyl (C=O) groups excluding carboxylic acids is 1. The zero-order chi connectivity index (χ0) is 27.5. The number of rotatable bonds is 8. The third-order valence-corrected chi connectivity index (χ3v) is 8.09. The average Bonchev–Trinajstić information content (AvgIpc) is 3.48. The van der Waals surface area contributed by atoms with Crippen LogP contribution in [0, 0.1) is 25.7 Å². The number of para-hydroxylation sites is 2. The highest BCUT2D eigenvalue weighted by Crippen LogP contribution is 2.29. The average molecular weight is 522 g/mol. The fraction of sp³-hybridized carbons (Fsp3) is 0.364. The van der Waals surface area contributed by atoms with Crippen LogP contribution < -0.4 is 5.32 Å². The Bertz CT molecular complexity index is 1520. The molecule has 1 amide bonds. The second-order valence-electron chi connectivity index (χ2n) is 11.2. The summed E-state index contributed by atoms with van der Waals surface area (Å²) >= 11 is 0. The summed E-state index contributed by atoms with van der Waals surface area (Å²) in [7, 11) is 1.93. The smallest absolute Gasteiger partial charge is 0.251 e. The van der Waals surface area contributed by atoms with E-state index in [1.807, 2.05) is 48.5 Å². The van der Waals surface area contributed by atoms with E-state index in [0.29, 0.717) is 11.5 Å². The number of carbonyl (C=O) groups is 1. The van der Waals surface area contributed by atoms with Gasteiger partial charge in [-0.25, -0.2) is 4.98 Å². The number of fused-ring (bicyclic) bond motifs is 1. The van der Waals surface area contributed by atoms with E-state index in [0.717, 1.165) is 59.3 Å². The summed E-state index contributed by atoms with van der Waals surface area (Å²) in [5, 5.41) is 7.84. The molecule has 2 aromatic heterocycles. The minimum atomic E-state index is -0.00455. The molecular weight excluding hydrogens is 482 g/mol. The maximum absolute atomic E-state index is 13.3. The third-order valence-electron chi connectivity index (χ3n) is 8.09. The van der Waals surface area contributed by atoms with Crippen LogP contribution in [-0.2, 0) is 13.6 Å². The van der Waals surface area contributed by atoms with Gasteiger partial charge in [-0.05, 0) is 97.6 Å². The molecule has 3 unspecified atom stereocenters. The molecule has 39 heavy (non-hydrogen) atoms. The molecule has 6 nitrogen and oxygen atoms in total. The lowest BCUT2D eigenvalue weighted by Crippen LogP contribution is -2.39. The fourth-order valence-electron chi connectivity index (χ4n) is 5.79. The van der Waals surface area contributed by atoms with Crippen molar-refractivity contribution in [1.82, 2.24) is 24.6 Å². The van der Waals surface area contributed by atoms with Crippen molar-refractivity contribution in [2.75, 3.05) is 0 Å². The summed E-state index contributed by atoms with van der Waals surface area (Å²) < 4.78 is 4.09. The second kappa shape index (κ2) is 11.4. The Morgan fingerprint density at radius 3 is 2.79 bits per heavy atom. The molecule has 2 heterocycles. The zero-order valence-electron chi connectivity index (χ0n) is 23.5. The Morgan fingerprint density at radius 1 is 1.18 bits per heavy atom. The fourth-order valence-corrected chi connectivity index (χ4v) is 5.79. The number of benzene rings is 2. The van der Waals surface area contributed by atoms with Crippen molar-refractivity contribution in [2.45, 2.75) is 59.0 Å². The zero-order valence-corrected chi connectivity index (χ0v) is 23.5. The van der Waals surface area contributed by atoms with Gasteiger partial charge in [0, 0.05) is 31.4 Å². The van der Waals surface area contributed by atoms with E-state index < -0.39 is 0 Å². The van der Waals surface area contributed by atoms with E-state index in [4.69, 9.17) is 0 Å². The van der Waals surface area contributed by atoms with Crippen molar-refractivity contribution >= 4 is 28.6 Å². The van der Waals surface area contributed by atoms with E-state index in [1.165, 1.54) is 11.9 Å². The predicted molar refractivity (Wildman–Crippen MR) is 159 cm³/mol. The van der Waals surface area contributed by atoms with Crippen LogP contribution in [0.25, 0.3) is 22.7 Å². The molecule has 0 spiro atoms. The first-order chi connectivity index (χ1) is 18.8. The first-order valence-corrected chi connectivity index (χ1v) is 14.0. The summed E-state index contributed by atoms with van der Waals surface area (Å²) in [6.07, 6.45) is 12.5. The van der Waals surface area contributed by atoms with Crippen LogP contribution in [0.15, 0.2) is 67.6 Å². The molecule has 0 radical (unpaired) electrons. The molecule has 0 aliphatic heterocycles. The van der Waals surface area contributed by atoms with Gasteiger partial charge in [0.05, 0.1) is 23.1 Å². The van der Waals surface area contributed by atoms with Gasteiger partial charge >= 0.3 is 0 Å². The monoisotopic (exact) mass is 521 g/mol. The van der Waals surface area contributed by atoms with Gasteiger partial charge in [0.15, 0.2) is 0 Å². The Balaban J connectivity index is 1.23. The van der Waals surface area contributed by atoms with Gasteiger partial charge < -0.3 is 9.88 Å². The summed E-state index contributed by atoms with van der Waals surface area (Å²) in [6, 6.07) is 14.4. The van der Waals surface area contributed by atoms with E-state index in [1.54, 1.807) is 0 Å². The van der Waals surface area contributed by atoms with Crippen molar-refractivity contribution in [3.63, 3.8) is 0 Å². The number of aromatic nitrogens is 4. The summed E-state index contributed by atoms with van der Waals surface area (Å²) in [4.78, 5) is 17.9. The summed E-state index contributed by atoms with van der Waals surface area (Å²) in [5.74, 6) is 0.627. The highest BCUT2D eigenvalue weighted by atomic mass is 16.1. The third kappa shape index (κ3) is 6.06. The minimum Gasteiger partial charge on any atom is -0.349 e. The molecule has 1 aliphatic carbocycles. The number of allylic oxidation sites excluding steroid dienone is 2. The Morgan fingerprint density at radius 2 is 2.00 bits per heavy atom. The van der Waals surface area contributed by atoms with Crippen LogP contribution >= 0.6 is 0 Å². The van der Waals surface area contributed by atoms with E-state index in [9.17, 15) is 4.79 Å².